The maximum Gasteiger partial charge on any atom is 0.264 e. The van der Waals surface area contributed by atoms with Crippen LogP contribution in [-0.2, 0) is 26.2 Å². The Bertz CT molecular complexity index is 1510. The number of sulfonamides is 1. The van der Waals surface area contributed by atoms with Gasteiger partial charge < -0.3 is 15.0 Å². The second-order valence-electron chi connectivity index (χ2n) is 10.5. The molecule has 0 radical (unpaired) electrons. The van der Waals surface area contributed by atoms with Crippen LogP contribution in [0.4, 0.5) is 5.69 Å². The molecule has 8 nitrogen and oxygen atoms in total. The van der Waals surface area contributed by atoms with Crippen molar-refractivity contribution in [2.45, 2.75) is 69.0 Å². The number of carbonyl (C=O) groups excluding carboxylic acids is 2. The van der Waals surface area contributed by atoms with Crippen LogP contribution in [0.5, 0.6) is 5.75 Å². The molecule has 230 valence electrons. The molecule has 3 aromatic rings. The van der Waals surface area contributed by atoms with Crippen LogP contribution in [0.15, 0.2) is 77.7 Å². The van der Waals surface area contributed by atoms with Gasteiger partial charge in [0, 0.05) is 12.6 Å². The van der Waals surface area contributed by atoms with Gasteiger partial charge in [-0.05, 0) is 61.2 Å². The van der Waals surface area contributed by atoms with E-state index in [0.717, 1.165) is 36.4 Å². The monoisotopic (exact) mass is 645 g/mol. The van der Waals surface area contributed by atoms with Crippen LogP contribution in [0.3, 0.4) is 0 Å². The van der Waals surface area contributed by atoms with Crippen molar-refractivity contribution >= 4 is 50.7 Å². The number of hydrogen-bond donors (Lipinski definition) is 1. The van der Waals surface area contributed by atoms with E-state index in [1.165, 1.54) is 24.1 Å². The average Bonchev–Trinajstić information content (AvgIpc) is 3.02. The van der Waals surface area contributed by atoms with Crippen LogP contribution in [0.1, 0.15) is 51.0 Å². The highest BCUT2D eigenvalue weighted by atomic mass is 35.5. The number of hydrogen-bond acceptors (Lipinski definition) is 5. The first-order valence-corrected chi connectivity index (χ1v) is 16.6. The Morgan fingerprint density at radius 1 is 0.953 bits per heavy atom. The van der Waals surface area contributed by atoms with Crippen LogP contribution in [0.2, 0.25) is 10.0 Å². The number of para-hydroxylation sites is 2. The van der Waals surface area contributed by atoms with Crippen molar-refractivity contribution in [2.75, 3.05) is 18.0 Å². The molecule has 11 heteroatoms. The number of anilines is 1. The van der Waals surface area contributed by atoms with Crippen molar-refractivity contribution in [1.82, 2.24) is 10.2 Å². The molecular formula is C32H37Cl2N3O5S. The van der Waals surface area contributed by atoms with E-state index >= 15 is 0 Å². The number of rotatable bonds is 12. The van der Waals surface area contributed by atoms with E-state index in [1.54, 1.807) is 60.7 Å². The van der Waals surface area contributed by atoms with Crippen LogP contribution >= 0.6 is 23.2 Å². The van der Waals surface area contributed by atoms with Gasteiger partial charge in [-0.15, -0.1) is 0 Å². The van der Waals surface area contributed by atoms with Gasteiger partial charge in [0.1, 0.15) is 18.3 Å². The van der Waals surface area contributed by atoms with Crippen molar-refractivity contribution in [3.8, 4) is 5.75 Å². The molecule has 0 saturated heterocycles. The minimum Gasteiger partial charge on any atom is -0.495 e. The summed E-state index contributed by atoms with van der Waals surface area (Å²) >= 11 is 12.4. The number of nitrogens with one attached hydrogen (secondary N) is 1. The van der Waals surface area contributed by atoms with E-state index in [0.29, 0.717) is 22.0 Å². The van der Waals surface area contributed by atoms with E-state index < -0.39 is 28.5 Å². The van der Waals surface area contributed by atoms with Gasteiger partial charge in [0.15, 0.2) is 0 Å². The molecular weight excluding hydrogens is 609 g/mol. The van der Waals surface area contributed by atoms with E-state index in [2.05, 4.69) is 5.32 Å². The molecule has 1 fully saturated rings. The molecule has 0 aliphatic heterocycles. The third-order valence-corrected chi connectivity index (χ3v) is 10.2. The Kier molecular flexibility index (Phi) is 11.3. The summed E-state index contributed by atoms with van der Waals surface area (Å²) in [4.78, 5) is 29.4. The smallest absolute Gasteiger partial charge is 0.264 e. The van der Waals surface area contributed by atoms with E-state index in [1.807, 2.05) is 6.92 Å². The minimum atomic E-state index is -4.21. The number of carbonyl (C=O) groups is 2. The average molecular weight is 647 g/mol. The van der Waals surface area contributed by atoms with Gasteiger partial charge in [0.05, 0.1) is 27.7 Å². The van der Waals surface area contributed by atoms with Crippen molar-refractivity contribution in [2.24, 2.45) is 0 Å². The topological polar surface area (TPSA) is 96.0 Å². The summed E-state index contributed by atoms with van der Waals surface area (Å²) in [5, 5.41) is 3.82. The molecule has 43 heavy (non-hydrogen) atoms. The number of methoxy groups -OCH3 is 1. The summed E-state index contributed by atoms with van der Waals surface area (Å²) in [5.41, 5.74) is 0.859. The third kappa shape index (κ3) is 8.02. The Labute approximate surface area is 264 Å². The first-order valence-electron chi connectivity index (χ1n) is 14.4. The number of halogens is 2. The molecule has 1 atom stereocenters. The lowest BCUT2D eigenvalue weighted by atomic mass is 9.95. The van der Waals surface area contributed by atoms with Gasteiger partial charge in [-0.25, -0.2) is 8.42 Å². The quantitative estimate of drug-likeness (QED) is 0.244. The first-order chi connectivity index (χ1) is 20.6. The lowest BCUT2D eigenvalue weighted by molar-refractivity contribution is -0.140. The van der Waals surface area contributed by atoms with Crippen LogP contribution in [-0.4, -0.2) is 50.9 Å². The number of nitrogens with zero attached hydrogens (tertiary/aromatic N) is 2. The highest BCUT2D eigenvalue weighted by molar-refractivity contribution is 7.92. The summed E-state index contributed by atoms with van der Waals surface area (Å²) in [5.74, 6) is -0.535. The third-order valence-electron chi connectivity index (χ3n) is 7.64. The van der Waals surface area contributed by atoms with Gasteiger partial charge >= 0.3 is 0 Å². The minimum absolute atomic E-state index is 0.0202. The van der Waals surface area contributed by atoms with Crippen molar-refractivity contribution < 1.29 is 22.7 Å². The molecule has 1 aliphatic rings. The molecule has 2 amide bonds. The summed E-state index contributed by atoms with van der Waals surface area (Å²) in [6.45, 7) is 1.29. The number of ether oxygens (including phenoxy) is 1. The molecule has 1 aliphatic carbocycles. The SMILES string of the molecule is CCC(C(=O)NC1CCCCC1)N(Cc1ccc(Cl)c(Cl)c1)C(=O)CN(c1ccccc1OC)S(=O)(=O)c1ccccc1. The van der Waals surface area contributed by atoms with Gasteiger partial charge in [-0.3, -0.25) is 13.9 Å². The second-order valence-corrected chi connectivity index (χ2v) is 13.2. The maximum atomic E-state index is 14.3. The Balaban J connectivity index is 1.74. The van der Waals surface area contributed by atoms with Gasteiger partial charge in [-0.1, -0.05) is 85.8 Å². The molecule has 1 unspecified atom stereocenters. The largest absolute Gasteiger partial charge is 0.495 e. The predicted octanol–water partition coefficient (Wildman–Crippen LogP) is 6.45. The lowest BCUT2D eigenvalue weighted by Crippen LogP contribution is -2.54. The van der Waals surface area contributed by atoms with Crippen molar-refractivity contribution in [3.63, 3.8) is 0 Å². The van der Waals surface area contributed by atoms with Gasteiger partial charge in [0.25, 0.3) is 10.0 Å². The molecule has 0 aromatic heterocycles. The van der Waals surface area contributed by atoms with Gasteiger partial charge in [-0.2, -0.15) is 0 Å². The van der Waals surface area contributed by atoms with Crippen LogP contribution < -0.4 is 14.4 Å². The highest BCUT2D eigenvalue weighted by Crippen LogP contribution is 2.33. The first kappa shape index (κ1) is 32.6. The molecule has 1 saturated carbocycles. The van der Waals surface area contributed by atoms with Gasteiger partial charge in [0.2, 0.25) is 11.8 Å². The summed E-state index contributed by atoms with van der Waals surface area (Å²) in [6, 6.07) is 18.7. The lowest BCUT2D eigenvalue weighted by Gasteiger charge is -2.34. The summed E-state index contributed by atoms with van der Waals surface area (Å²) < 4.78 is 34.6. The summed E-state index contributed by atoms with van der Waals surface area (Å²) in [6.07, 6.45) is 5.32. The van der Waals surface area contributed by atoms with Crippen molar-refractivity contribution in [1.29, 1.82) is 0 Å². The Morgan fingerprint density at radius 3 is 2.28 bits per heavy atom. The maximum absolute atomic E-state index is 14.3. The zero-order valence-electron chi connectivity index (χ0n) is 24.3. The fourth-order valence-electron chi connectivity index (χ4n) is 5.37. The highest BCUT2D eigenvalue weighted by Gasteiger charge is 2.35. The van der Waals surface area contributed by atoms with Crippen molar-refractivity contribution in [3.05, 3.63) is 88.4 Å². The standard InChI is InChI=1S/C32H37Cl2N3O5S/c1-3-28(32(39)35-24-12-6-4-7-13-24)36(21-23-18-19-26(33)27(34)20-23)31(38)22-37(29-16-10-11-17-30(29)42-2)43(40,41)25-14-8-5-9-15-25/h5,8-11,14-20,24,28H,3-4,6-7,12-13,21-22H2,1-2H3,(H,35,39). The van der Waals surface area contributed by atoms with E-state index in [-0.39, 0.29) is 34.8 Å². The predicted molar refractivity (Wildman–Crippen MR) is 170 cm³/mol. The number of amides is 2. The molecule has 0 heterocycles. The molecule has 1 N–H and O–H groups in total. The Morgan fingerprint density at radius 2 is 1.63 bits per heavy atom. The van der Waals surface area contributed by atoms with E-state index in [9.17, 15) is 18.0 Å². The second kappa shape index (κ2) is 14.9. The summed E-state index contributed by atoms with van der Waals surface area (Å²) in [7, 11) is -2.77. The zero-order chi connectivity index (χ0) is 31.0. The molecule has 4 rings (SSSR count). The van der Waals surface area contributed by atoms with Crippen LogP contribution in [0, 0.1) is 0 Å². The van der Waals surface area contributed by atoms with Crippen LogP contribution in [0.25, 0.3) is 0 Å². The molecule has 3 aromatic carbocycles. The van der Waals surface area contributed by atoms with E-state index in [4.69, 9.17) is 27.9 Å². The fourth-order valence-corrected chi connectivity index (χ4v) is 7.13. The molecule has 0 spiro atoms. The number of benzene rings is 3. The molecule has 0 bridgehead atoms. The Hall–Kier alpha value is -3.27. The normalized spacial score (nSPS) is 14.5. The fraction of sp³-hybridized carbons (Fsp3) is 0.375. The zero-order valence-corrected chi connectivity index (χ0v) is 26.7.